The Bertz CT molecular complexity index is 214. The third kappa shape index (κ3) is 6.98. The van der Waals surface area contributed by atoms with Crippen molar-refractivity contribution in [2.24, 2.45) is 5.41 Å². The smallest absolute Gasteiger partial charge is 0.0698 e. The Hall–Kier alpha value is -0.320. The number of aliphatic hydroxyl groups excluding tert-OH is 6. The van der Waals surface area contributed by atoms with Crippen molar-refractivity contribution in [2.45, 2.75) is 25.0 Å². The molecular weight excluding hydrogens is 284 g/mol. The van der Waals surface area contributed by atoms with Crippen LogP contribution in [0.4, 0.5) is 0 Å². The summed E-state index contributed by atoms with van der Waals surface area (Å²) in [5.41, 5.74) is -1.25. The molecule has 0 aliphatic rings. The fourth-order valence-electron chi connectivity index (χ4n) is 2.12. The van der Waals surface area contributed by atoms with Gasteiger partial charge in [-0.2, -0.15) is 0 Å². The van der Waals surface area contributed by atoms with E-state index >= 15 is 0 Å². The Kier molecular flexibility index (Phi) is 12.1. The zero-order valence-electron chi connectivity index (χ0n) is 12.2. The lowest BCUT2D eigenvalue weighted by molar-refractivity contribution is -0.159. The van der Waals surface area contributed by atoms with E-state index in [-0.39, 0.29) is 65.7 Å². The quantitative estimate of drug-likeness (QED) is 0.193. The molecule has 2 unspecified atom stereocenters. The summed E-state index contributed by atoms with van der Waals surface area (Å²) in [5, 5.41) is 56.1. The first kappa shape index (κ1) is 20.7. The molecule has 0 aromatic carbocycles. The first-order chi connectivity index (χ1) is 10.1. The van der Waals surface area contributed by atoms with Gasteiger partial charge in [0.1, 0.15) is 0 Å². The van der Waals surface area contributed by atoms with Gasteiger partial charge in [-0.05, 0) is 12.8 Å². The minimum atomic E-state index is -1.25. The van der Waals surface area contributed by atoms with Crippen molar-refractivity contribution in [2.75, 3.05) is 52.9 Å². The monoisotopic (exact) mass is 312 g/mol. The second kappa shape index (κ2) is 12.2. The third-order valence-electron chi connectivity index (χ3n) is 3.35. The van der Waals surface area contributed by atoms with E-state index < -0.39 is 17.6 Å². The molecule has 21 heavy (non-hydrogen) atoms. The zero-order valence-corrected chi connectivity index (χ0v) is 12.2. The Balaban J connectivity index is 5.04. The van der Waals surface area contributed by atoms with Crippen molar-refractivity contribution in [3.8, 4) is 0 Å². The number of hydrogen-bond donors (Lipinski definition) is 6. The maximum absolute atomic E-state index is 10.3. The second-order valence-electron chi connectivity index (χ2n) is 4.84. The Morgan fingerprint density at radius 1 is 0.667 bits per heavy atom. The molecule has 0 rings (SSSR count). The number of ether oxygens (including phenoxy) is 2. The van der Waals surface area contributed by atoms with E-state index in [0.717, 1.165) is 0 Å². The van der Waals surface area contributed by atoms with Gasteiger partial charge < -0.3 is 40.1 Å². The van der Waals surface area contributed by atoms with E-state index in [1.165, 1.54) is 0 Å². The van der Waals surface area contributed by atoms with Gasteiger partial charge in [0.2, 0.25) is 0 Å². The van der Waals surface area contributed by atoms with E-state index in [2.05, 4.69) is 0 Å². The molecule has 0 spiro atoms. The Morgan fingerprint density at radius 2 is 1.05 bits per heavy atom. The molecule has 128 valence electrons. The van der Waals surface area contributed by atoms with Crippen molar-refractivity contribution in [1.29, 1.82) is 0 Å². The molecule has 8 heteroatoms. The molecule has 0 saturated heterocycles. The van der Waals surface area contributed by atoms with Crippen LogP contribution in [0.15, 0.2) is 0 Å². The van der Waals surface area contributed by atoms with Gasteiger partial charge in [0.25, 0.3) is 0 Å². The van der Waals surface area contributed by atoms with Gasteiger partial charge in [-0.3, -0.25) is 0 Å². The minimum absolute atomic E-state index is 0.00740. The molecule has 6 N–H and O–H groups in total. The standard InChI is InChI=1S/C13H28O8/c14-3-1-11(18)13(9-20-7-5-16,10-21-8-6-17)12(19)2-4-15/h11-12,14-19H,1-10H2. The average Bonchev–Trinajstić information content (AvgIpc) is 2.46. The molecule has 0 aliphatic carbocycles. The number of aliphatic hydroxyl groups is 6. The highest BCUT2D eigenvalue weighted by atomic mass is 16.5. The SMILES string of the molecule is OCCOCC(COCCO)(C(O)CCO)C(O)CCO. The third-order valence-corrected chi connectivity index (χ3v) is 3.35. The van der Waals surface area contributed by atoms with E-state index in [4.69, 9.17) is 29.9 Å². The Morgan fingerprint density at radius 3 is 1.33 bits per heavy atom. The van der Waals surface area contributed by atoms with E-state index in [0.29, 0.717) is 0 Å². The molecule has 8 nitrogen and oxygen atoms in total. The summed E-state index contributed by atoms with van der Waals surface area (Å²) in [6.07, 6.45) is -2.23. The molecule has 0 aromatic rings. The Labute approximate surface area is 124 Å². The van der Waals surface area contributed by atoms with Gasteiger partial charge in [0.15, 0.2) is 0 Å². The lowest BCUT2D eigenvalue weighted by Gasteiger charge is -2.41. The van der Waals surface area contributed by atoms with E-state index in [9.17, 15) is 10.2 Å². The first-order valence-electron chi connectivity index (χ1n) is 7.04. The highest BCUT2D eigenvalue weighted by Crippen LogP contribution is 2.32. The van der Waals surface area contributed by atoms with Crippen LogP contribution in [0.25, 0.3) is 0 Å². The molecule has 0 saturated carbocycles. The predicted octanol–water partition coefficient (Wildman–Crippen LogP) is -2.52. The molecular formula is C13H28O8. The average molecular weight is 312 g/mol. The zero-order chi connectivity index (χ0) is 16.1. The molecule has 0 fully saturated rings. The van der Waals surface area contributed by atoms with Crippen molar-refractivity contribution in [3.63, 3.8) is 0 Å². The van der Waals surface area contributed by atoms with Gasteiger partial charge in [0.05, 0.1) is 57.3 Å². The maximum Gasteiger partial charge on any atom is 0.0698 e. The van der Waals surface area contributed by atoms with Crippen LogP contribution in [-0.4, -0.2) is 95.7 Å². The lowest BCUT2D eigenvalue weighted by atomic mass is 9.75. The summed E-state index contributed by atoms with van der Waals surface area (Å²) >= 11 is 0. The summed E-state index contributed by atoms with van der Waals surface area (Å²) in [6, 6.07) is 0. The molecule has 0 heterocycles. The fourth-order valence-corrected chi connectivity index (χ4v) is 2.12. The maximum atomic E-state index is 10.3. The van der Waals surface area contributed by atoms with Crippen LogP contribution in [0.5, 0.6) is 0 Å². The molecule has 2 atom stereocenters. The molecule has 0 amide bonds. The van der Waals surface area contributed by atoms with Gasteiger partial charge in [-0.15, -0.1) is 0 Å². The van der Waals surface area contributed by atoms with Gasteiger partial charge in [-0.25, -0.2) is 0 Å². The van der Waals surface area contributed by atoms with Crippen LogP contribution in [0.1, 0.15) is 12.8 Å². The summed E-state index contributed by atoms with van der Waals surface area (Å²) < 4.78 is 10.5. The van der Waals surface area contributed by atoms with E-state index in [1.807, 2.05) is 0 Å². The highest BCUT2D eigenvalue weighted by Gasteiger charge is 2.44. The van der Waals surface area contributed by atoms with Crippen molar-refractivity contribution >= 4 is 0 Å². The normalized spacial score (nSPS) is 15.1. The van der Waals surface area contributed by atoms with Crippen LogP contribution in [-0.2, 0) is 9.47 Å². The molecule has 0 aromatic heterocycles. The highest BCUT2D eigenvalue weighted by molar-refractivity contribution is 4.93. The first-order valence-corrected chi connectivity index (χ1v) is 7.04. The van der Waals surface area contributed by atoms with Gasteiger partial charge in [0, 0.05) is 13.2 Å². The van der Waals surface area contributed by atoms with Crippen LogP contribution < -0.4 is 0 Å². The molecule has 0 radical (unpaired) electrons. The summed E-state index contributed by atoms with van der Waals surface area (Å²) in [7, 11) is 0. The summed E-state index contributed by atoms with van der Waals surface area (Å²) in [4.78, 5) is 0. The van der Waals surface area contributed by atoms with Gasteiger partial charge in [-0.1, -0.05) is 0 Å². The largest absolute Gasteiger partial charge is 0.396 e. The van der Waals surface area contributed by atoms with Crippen LogP contribution >= 0.6 is 0 Å². The minimum Gasteiger partial charge on any atom is -0.396 e. The number of hydrogen-bond acceptors (Lipinski definition) is 8. The summed E-state index contributed by atoms with van der Waals surface area (Å²) in [6.45, 7) is -1.15. The van der Waals surface area contributed by atoms with Crippen LogP contribution in [0.3, 0.4) is 0 Å². The van der Waals surface area contributed by atoms with Crippen LogP contribution in [0, 0.1) is 5.41 Å². The van der Waals surface area contributed by atoms with Crippen LogP contribution in [0.2, 0.25) is 0 Å². The lowest BCUT2D eigenvalue weighted by Crippen LogP contribution is -2.53. The molecule has 0 bridgehead atoms. The van der Waals surface area contributed by atoms with Gasteiger partial charge >= 0.3 is 0 Å². The van der Waals surface area contributed by atoms with Crippen molar-refractivity contribution in [3.05, 3.63) is 0 Å². The van der Waals surface area contributed by atoms with Crippen molar-refractivity contribution in [1.82, 2.24) is 0 Å². The van der Waals surface area contributed by atoms with E-state index in [1.54, 1.807) is 0 Å². The summed E-state index contributed by atoms with van der Waals surface area (Å²) in [5.74, 6) is 0. The second-order valence-corrected chi connectivity index (χ2v) is 4.84. The van der Waals surface area contributed by atoms with Crippen molar-refractivity contribution < 1.29 is 40.1 Å². The molecule has 0 aliphatic heterocycles. The topological polar surface area (TPSA) is 140 Å². The fraction of sp³-hybridized carbons (Fsp3) is 1.00. The number of rotatable bonds is 14. The predicted molar refractivity (Wildman–Crippen MR) is 73.7 cm³/mol.